The van der Waals surface area contributed by atoms with E-state index < -0.39 is 32.9 Å². The highest BCUT2D eigenvalue weighted by Gasteiger charge is 2.54. The van der Waals surface area contributed by atoms with Crippen molar-refractivity contribution in [3.63, 3.8) is 0 Å². The van der Waals surface area contributed by atoms with Gasteiger partial charge in [-0.2, -0.15) is 8.42 Å². The van der Waals surface area contributed by atoms with Crippen LogP contribution in [0.5, 0.6) is 0 Å². The minimum atomic E-state index is -3.77. The van der Waals surface area contributed by atoms with Crippen molar-refractivity contribution >= 4 is 27.9 Å². The van der Waals surface area contributed by atoms with E-state index >= 15 is 0 Å². The number of nitro benzene ring substituents is 1. The molecule has 2 aliphatic heterocycles. The number of hydrogen-bond acceptors (Lipinski definition) is 8. The summed E-state index contributed by atoms with van der Waals surface area (Å²) in [6, 6.07) is 5.28. The number of hydrogen-bond donors (Lipinski definition) is 0. The summed E-state index contributed by atoms with van der Waals surface area (Å²) >= 11 is 0. The summed E-state index contributed by atoms with van der Waals surface area (Å²) < 4.78 is 33.7. The number of urea groups is 1. The zero-order valence-electron chi connectivity index (χ0n) is 17.4. The van der Waals surface area contributed by atoms with Crippen LogP contribution in [0.3, 0.4) is 0 Å². The first-order chi connectivity index (χ1) is 14.4. The molecule has 12 nitrogen and oxygen atoms in total. The molecular formula is C18H24N4O8S. The van der Waals surface area contributed by atoms with Crippen LogP contribution in [0.2, 0.25) is 0 Å². The Morgan fingerprint density at radius 2 is 1.94 bits per heavy atom. The van der Waals surface area contributed by atoms with Gasteiger partial charge < -0.3 is 9.64 Å². The van der Waals surface area contributed by atoms with E-state index in [-0.39, 0.29) is 31.3 Å². The van der Waals surface area contributed by atoms with Crippen LogP contribution in [0.15, 0.2) is 24.3 Å². The van der Waals surface area contributed by atoms with Crippen molar-refractivity contribution in [1.82, 2.24) is 14.7 Å². The Kier molecular flexibility index (Phi) is 6.09. The number of amides is 3. The standard InChI is InChI=1S/C18H24N4O8S/c1-18(20-9-8-19(2)16(20)23)10-15(30-31(3,27)28)11-21(18)17(24)29-12-13-4-6-14(7-5-13)22(25)26/h4-7,15H,8-12H2,1-3H3/t15-,18+/m1/s1. The largest absolute Gasteiger partial charge is 0.444 e. The fourth-order valence-electron chi connectivity index (χ4n) is 3.88. The van der Waals surface area contributed by atoms with Crippen molar-refractivity contribution < 1.29 is 31.9 Å². The summed E-state index contributed by atoms with van der Waals surface area (Å²) in [5.74, 6) is 0. The number of likely N-dealkylation sites (N-methyl/N-ethyl adjacent to an activating group) is 1. The van der Waals surface area contributed by atoms with Gasteiger partial charge in [0.05, 0.1) is 23.8 Å². The zero-order chi connectivity index (χ0) is 23.0. The molecule has 0 spiro atoms. The second-order valence-corrected chi connectivity index (χ2v) is 9.39. The average molecular weight is 456 g/mol. The number of nitrogens with zero attached hydrogens (tertiary/aromatic N) is 4. The highest BCUT2D eigenvalue weighted by Crippen LogP contribution is 2.37. The lowest BCUT2D eigenvalue weighted by Crippen LogP contribution is -2.58. The second-order valence-electron chi connectivity index (χ2n) is 7.79. The lowest BCUT2D eigenvalue weighted by Gasteiger charge is -2.41. The smallest absolute Gasteiger partial charge is 0.412 e. The minimum absolute atomic E-state index is 0.0733. The van der Waals surface area contributed by atoms with Gasteiger partial charge >= 0.3 is 12.1 Å². The molecule has 2 saturated heterocycles. The quantitative estimate of drug-likeness (QED) is 0.355. The molecular weight excluding hydrogens is 432 g/mol. The summed E-state index contributed by atoms with van der Waals surface area (Å²) in [6.45, 7) is 2.29. The molecule has 13 heteroatoms. The maximum atomic E-state index is 12.9. The van der Waals surface area contributed by atoms with E-state index in [0.29, 0.717) is 18.7 Å². The lowest BCUT2D eigenvalue weighted by atomic mass is 10.1. The molecule has 0 aliphatic carbocycles. The van der Waals surface area contributed by atoms with Crippen LogP contribution in [0, 0.1) is 10.1 Å². The van der Waals surface area contributed by atoms with Crippen LogP contribution in [0.4, 0.5) is 15.3 Å². The van der Waals surface area contributed by atoms with Gasteiger partial charge in [0.25, 0.3) is 15.8 Å². The Morgan fingerprint density at radius 3 is 2.45 bits per heavy atom. The van der Waals surface area contributed by atoms with Crippen molar-refractivity contribution in [2.24, 2.45) is 0 Å². The molecule has 2 heterocycles. The maximum absolute atomic E-state index is 12.9. The Bertz CT molecular complexity index is 983. The van der Waals surface area contributed by atoms with Crippen molar-refractivity contribution in [3.05, 3.63) is 39.9 Å². The predicted molar refractivity (Wildman–Crippen MR) is 107 cm³/mol. The number of nitro groups is 1. The van der Waals surface area contributed by atoms with Crippen LogP contribution >= 0.6 is 0 Å². The Morgan fingerprint density at radius 1 is 1.29 bits per heavy atom. The number of rotatable bonds is 6. The molecule has 2 aliphatic rings. The molecule has 0 radical (unpaired) electrons. The van der Waals surface area contributed by atoms with E-state index in [1.54, 1.807) is 14.0 Å². The first kappa shape index (κ1) is 22.7. The van der Waals surface area contributed by atoms with E-state index in [2.05, 4.69) is 0 Å². The van der Waals surface area contributed by atoms with Crippen LogP contribution in [0.25, 0.3) is 0 Å². The fourth-order valence-corrected chi connectivity index (χ4v) is 4.50. The Labute approximate surface area is 179 Å². The Balaban J connectivity index is 1.76. The van der Waals surface area contributed by atoms with Crippen molar-refractivity contribution in [2.75, 3.05) is 32.9 Å². The van der Waals surface area contributed by atoms with Gasteiger partial charge in [-0.1, -0.05) is 0 Å². The monoisotopic (exact) mass is 456 g/mol. The van der Waals surface area contributed by atoms with Crippen LogP contribution < -0.4 is 0 Å². The third-order valence-electron chi connectivity index (χ3n) is 5.42. The highest BCUT2D eigenvalue weighted by molar-refractivity contribution is 7.86. The maximum Gasteiger partial charge on any atom is 0.412 e. The second kappa shape index (κ2) is 8.30. The summed E-state index contributed by atoms with van der Waals surface area (Å²) in [7, 11) is -2.13. The first-order valence-corrected chi connectivity index (χ1v) is 11.3. The van der Waals surface area contributed by atoms with Crippen LogP contribution in [0.1, 0.15) is 18.9 Å². The molecule has 31 heavy (non-hydrogen) atoms. The molecule has 1 aromatic rings. The number of benzene rings is 1. The molecule has 0 bridgehead atoms. The van der Waals surface area contributed by atoms with Crippen molar-refractivity contribution in [2.45, 2.75) is 31.7 Å². The summed E-state index contributed by atoms with van der Waals surface area (Å²) in [5.41, 5.74) is -0.676. The summed E-state index contributed by atoms with van der Waals surface area (Å²) in [4.78, 5) is 40.0. The van der Waals surface area contributed by atoms with Gasteiger partial charge in [-0.3, -0.25) is 24.1 Å². The van der Waals surface area contributed by atoms with Crippen LogP contribution in [-0.2, 0) is 25.6 Å². The lowest BCUT2D eigenvalue weighted by molar-refractivity contribution is -0.384. The predicted octanol–water partition coefficient (Wildman–Crippen LogP) is 1.37. The van der Waals surface area contributed by atoms with Gasteiger partial charge in [0, 0.05) is 38.7 Å². The average Bonchev–Trinajstić information content (AvgIpc) is 3.18. The number of non-ortho nitro benzene ring substituents is 1. The molecule has 170 valence electrons. The van der Waals surface area contributed by atoms with Gasteiger partial charge in [0.1, 0.15) is 12.3 Å². The van der Waals surface area contributed by atoms with Crippen LogP contribution in [-0.4, -0.2) is 84.9 Å². The normalized spacial score (nSPS) is 24.0. The van der Waals surface area contributed by atoms with E-state index in [1.807, 2.05) is 0 Å². The SMILES string of the molecule is CN1CCN([C@]2(C)C[C@@H](OS(C)(=O)=O)CN2C(=O)OCc2ccc([N+](=O)[O-])cc2)C1=O. The first-order valence-electron chi connectivity index (χ1n) is 9.49. The minimum Gasteiger partial charge on any atom is -0.444 e. The van der Waals surface area contributed by atoms with Gasteiger partial charge in [0.15, 0.2) is 0 Å². The van der Waals surface area contributed by atoms with E-state index in [9.17, 15) is 28.1 Å². The molecule has 0 N–H and O–H groups in total. The van der Waals surface area contributed by atoms with E-state index in [1.165, 1.54) is 39.0 Å². The van der Waals surface area contributed by atoms with Gasteiger partial charge in [-0.25, -0.2) is 9.59 Å². The zero-order valence-corrected chi connectivity index (χ0v) is 18.2. The van der Waals surface area contributed by atoms with Crippen molar-refractivity contribution in [1.29, 1.82) is 0 Å². The summed E-state index contributed by atoms with van der Waals surface area (Å²) in [5, 5.41) is 10.8. The highest BCUT2D eigenvalue weighted by atomic mass is 32.2. The molecule has 1 aromatic carbocycles. The van der Waals surface area contributed by atoms with Gasteiger partial charge in [-0.15, -0.1) is 0 Å². The Hall–Kier alpha value is -2.93. The third kappa shape index (κ3) is 4.88. The van der Waals surface area contributed by atoms with E-state index in [4.69, 9.17) is 8.92 Å². The topological polar surface area (TPSA) is 140 Å². The number of carbonyl (C=O) groups is 2. The molecule has 2 atom stereocenters. The molecule has 0 aromatic heterocycles. The van der Waals surface area contributed by atoms with E-state index in [0.717, 1.165) is 6.26 Å². The van der Waals surface area contributed by atoms with Crippen molar-refractivity contribution in [3.8, 4) is 0 Å². The molecule has 2 fully saturated rings. The third-order valence-corrected chi connectivity index (χ3v) is 6.04. The molecule has 3 amide bonds. The van der Waals surface area contributed by atoms with Gasteiger partial charge in [0.2, 0.25) is 0 Å². The molecule has 0 saturated carbocycles. The number of carbonyl (C=O) groups excluding carboxylic acids is 2. The molecule has 0 unspecified atom stereocenters. The molecule has 3 rings (SSSR count). The summed E-state index contributed by atoms with van der Waals surface area (Å²) in [6.07, 6.45) is -0.547. The number of likely N-dealkylation sites (tertiary alicyclic amines) is 1. The fraction of sp³-hybridized carbons (Fsp3) is 0.556. The number of ether oxygens (including phenoxy) is 1. The van der Waals surface area contributed by atoms with Gasteiger partial charge in [-0.05, 0) is 24.6 Å².